The summed E-state index contributed by atoms with van der Waals surface area (Å²) in [6, 6.07) is 9.59. The zero-order valence-corrected chi connectivity index (χ0v) is 17.5. The van der Waals surface area contributed by atoms with Crippen LogP contribution in [0.5, 0.6) is 0 Å². The lowest BCUT2D eigenvalue weighted by Gasteiger charge is -2.13. The van der Waals surface area contributed by atoms with Crippen molar-refractivity contribution in [2.75, 3.05) is 19.0 Å². The van der Waals surface area contributed by atoms with Crippen molar-refractivity contribution in [1.82, 2.24) is 9.88 Å². The predicted molar refractivity (Wildman–Crippen MR) is 113 cm³/mol. The quantitative estimate of drug-likeness (QED) is 0.554. The Balaban J connectivity index is 1.70. The molecule has 3 rings (SSSR count). The second-order valence-electron chi connectivity index (χ2n) is 6.21. The lowest BCUT2D eigenvalue weighted by molar-refractivity contribution is -0.127. The summed E-state index contributed by atoms with van der Waals surface area (Å²) >= 11 is 6.69. The van der Waals surface area contributed by atoms with Gasteiger partial charge in [0.25, 0.3) is 11.1 Å². The van der Waals surface area contributed by atoms with Crippen molar-refractivity contribution in [2.24, 2.45) is 0 Å². The number of aromatic nitrogens is 1. The van der Waals surface area contributed by atoms with E-state index in [1.165, 1.54) is 31.4 Å². The molecule has 154 valence electrons. The number of esters is 1. The number of amides is 3. The van der Waals surface area contributed by atoms with E-state index in [2.05, 4.69) is 15.0 Å². The first-order valence-electron chi connectivity index (χ1n) is 8.65. The summed E-state index contributed by atoms with van der Waals surface area (Å²) < 4.78 is 4.63. The fraction of sp³-hybridized carbons (Fsp3) is 0.150. The van der Waals surface area contributed by atoms with E-state index in [0.29, 0.717) is 5.69 Å². The van der Waals surface area contributed by atoms with Crippen molar-refractivity contribution in [3.05, 3.63) is 63.3 Å². The number of rotatable bonds is 5. The number of benzene rings is 1. The minimum absolute atomic E-state index is 0.0803. The SMILES string of the molecule is COC(=O)c1cc(NC(=O)CN2C(=O)S/C(=C/c3cccc(C)n3)C2=O)ccc1Cl. The van der Waals surface area contributed by atoms with Gasteiger partial charge in [-0.25, -0.2) is 4.79 Å². The van der Waals surface area contributed by atoms with E-state index >= 15 is 0 Å². The molecule has 1 saturated heterocycles. The number of anilines is 1. The van der Waals surface area contributed by atoms with E-state index in [9.17, 15) is 19.2 Å². The normalized spacial score (nSPS) is 14.9. The van der Waals surface area contributed by atoms with Gasteiger partial charge in [-0.2, -0.15) is 0 Å². The molecule has 1 aliphatic rings. The molecule has 0 saturated carbocycles. The number of nitrogens with zero attached hydrogens (tertiary/aromatic N) is 2. The number of thioether (sulfide) groups is 1. The zero-order chi connectivity index (χ0) is 21.8. The zero-order valence-electron chi connectivity index (χ0n) is 16.0. The highest BCUT2D eigenvalue weighted by Crippen LogP contribution is 2.32. The molecule has 0 atom stereocenters. The van der Waals surface area contributed by atoms with Crippen LogP contribution in [0.25, 0.3) is 6.08 Å². The molecular weight excluding hydrogens is 430 g/mol. The highest BCUT2D eigenvalue weighted by molar-refractivity contribution is 8.18. The summed E-state index contributed by atoms with van der Waals surface area (Å²) in [6.07, 6.45) is 1.51. The predicted octanol–water partition coefficient (Wildman–Crippen LogP) is 3.51. The number of imide groups is 1. The van der Waals surface area contributed by atoms with Crippen LogP contribution in [0.2, 0.25) is 5.02 Å². The monoisotopic (exact) mass is 445 g/mol. The molecule has 2 heterocycles. The van der Waals surface area contributed by atoms with Crippen LogP contribution in [-0.2, 0) is 14.3 Å². The van der Waals surface area contributed by atoms with Crippen LogP contribution in [0.3, 0.4) is 0 Å². The first kappa shape index (κ1) is 21.5. The van der Waals surface area contributed by atoms with Gasteiger partial charge in [0, 0.05) is 11.4 Å². The Morgan fingerprint density at radius 2 is 2.03 bits per heavy atom. The average Bonchev–Trinajstić information content (AvgIpc) is 2.96. The van der Waals surface area contributed by atoms with Gasteiger partial charge in [0.05, 0.1) is 28.3 Å². The summed E-state index contributed by atoms with van der Waals surface area (Å²) in [5.41, 5.74) is 1.67. The van der Waals surface area contributed by atoms with Crippen LogP contribution in [0, 0.1) is 6.92 Å². The fourth-order valence-corrected chi connectivity index (χ4v) is 3.65. The minimum Gasteiger partial charge on any atom is -0.465 e. The summed E-state index contributed by atoms with van der Waals surface area (Å²) in [6.45, 7) is 1.34. The van der Waals surface area contributed by atoms with E-state index in [0.717, 1.165) is 22.4 Å². The molecule has 1 N–H and O–H groups in total. The molecule has 8 nitrogen and oxygen atoms in total. The number of carbonyl (C=O) groups excluding carboxylic acids is 4. The van der Waals surface area contributed by atoms with Gasteiger partial charge in [-0.05, 0) is 55.1 Å². The second-order valence-corrected chi connectivity index (χ2v) is 7.61. The first-order valence-corrected chi connectivity index (χ1v) is 9.84. The van der Waals surface area contributed by atoms with Crippen LogP contribution < -0.4 is 5.32 Å². The number of aryl methyl sites for hydroxylation is 1. The van der Waals surface area contributed by atoms with Crippen LogP contribution in [0.1, 0.15) is 21.7 Å². The van der Waals surface area contributed by atoms with Gasteiger partial charge in [0.2, 0.25) is 5.91 Å². The maximum Gasteiger partial charge on any atom is 0.339 e. The molecule has 1 aliphatic heterocycles. The van der Waals surface area contributed by atoms with E-state index in [1.807, 2.05) is 13.0 Å². The largest absolute Gasteiger partial charge is 0.465 e. The van der Waals surface area contributed by atoms with Crippen LogP contribution in [0.15, 0.2) is 41.3 Å². The van der Waals surface area contributed by atoms with Crippen LogP contribution >= 0.6 is 23.4 Å². The molecule has 1 aromatic heterocycles. The van der Waals surface area contributed by atoms with Crippen LogP contribution in [0.4, 0.5) is 10.5 Å². The molecule has 10 heteroatoms. The van der Waals surface area contributed by atoms with Crippen molar-refractivity contribution in [3.8, 4) is 0 Å². The van der Waals surface area contributed by atoms with Gasteiger partial charge in [-0.1, -0.05) is 17.7 Å². The molecule has 2 aromatic rings. The van der Waals surface area contributed by atoms with Crippen molar-refractivity contribution in [1.29, 1.82) is 0 Å². The number of ether oxygens (including phenoxy) is 1. The minimum atomic E-state index is -0.656. The molecule has 0 radical (unpaired) electrons. The number of methoxy groups -OCH3 is 1. The van der Waals surface area contributed by atoms with Gasteiger partial charge in [-0.15, -0.1) is 0 Å². The Hall–Kier alpha value is -3.17. The standard InChI is InChI=1S/C20H16ClN3O5S/c1-11-4-3-5-12(22-11)9-16-18(26)24(20(28)30-16)10-17(25)23-13-6-7-15(21)14(8-13)19(27)29-2/h3-9H,10H2,1-2H3,(H,23,25)/b16-9+. The molecule has 0 aliphatic carbocycles. The summed E-state index contributed by atoms with van der Waals surface area (Å²) in [5, 5.41) is 2.15. The highest BCUT2D eigenvalue weighted by Gasteiger charge is 2.36. The van der Waals surface area contributed by atoms with Crippen LogP contribution in [-0.4, -0.2) is 46.6 Å². The average molecular weight is 446 g/mol. The van der Waals surface area contributed by atoms with E-state index in [1.54, 1.807) is 12.1 Å². The Morgan fingerprint density at radius 3 is 2.73 bits per heavy atom. The van der Waals surface area contributed by atoms with Gasteiger partial charge < -0.3 is 10.1 Å². The van der Waals surface area contributed by atoms with E-state index < -0.39 is 29.6 Å². The summed E-state index contributed by atoms with van der Waals surface area (Å²) in [4.78, 5) is 54.1. The Labute approximate surface area is 181 Å². The Kier molecular flexibility index (Phi) is 6.53. The Morgan fingerprint density at radius 1 is 1.27 bits per heavy atom. The van der Waals surface area contributed by atoms with Crippen molar-refractivity contribution in [2.45, 2.75) is 6.92 Å². The molecule has 0 spiro atoms. The maximum atomic E-state index is 12.5. The number of carbonyl (C=O) groups is 4. The van der Waals surface area contributed by atoms with Crippen molar-refractivity contribution < 1.29 is 23.9 Å². The lowest BCUT2D eigenvalue weighted by atomic mass is 10.2. The smallest absolute Gasteiger partial charge is 0.339 e. The van der Waals surface area contributed by atoms with E-state index in [4.69, 9.17) is 11.6 Å². The third-order valence-corrected chi connectivity index (χ3v) is 5.26. The number of hydrogen-bond acceptors (Lipinski definition) is 7. The van der Waals surface area contributed by atoms with Gasteiger partial charge in [0.15, 0.2) is 0 Å². The number of halogens is 1. The number of nitrogens with one attached hydrogen (secondary N) is 1. The fourth-order valence-electron chi connectivity index (χ4n) is 2.63. The molecule has 1 fully saturated rings. The lowest BCUT2D eigenvalue weighted by Crippen LogP contribution is -2.36. The molecule has 1 aromatic carbocycles. The van der Waals surface area contributed by atoms with E-state index in [-0.39, 0.29) is 21.2 Å². The molecule has 0 unspecified atom stereocenters. The third kappa shape index (κ3) is 4.87. The molecule has 0 bridgehead atoms. The molecule has 30 heavy (non-hydrogen) atoms. The Bertz CT molecular complexity index is 1090. The first-order chi connectivity index (χ1) is 14.3. The van der Waals surface area contributed by atoms with Crippen molar-refractivity contribution in [3.63, 3.8) is 0 Å². The summed E-state index contributed by atoms with van der Waals surface area (Å²) in [7, 11) is 1.21. The molecular formula is C20H16ClN3O5S. The summed E-state index contributed by atoms with van der Waals surface area (Å²) in [5.74, 6) is -1.84. The number of hydrogen-bond donors (Lipinski definition) is 1. The van der Waals surface area contributed by atoms with Gasteiger partial charge >= 0.3 is 5.97 Å². The second kappa shape index (κ2) is 9.10. The highest BCUT2D eigenvalue weighted by atomic mass is 35.5. The number of pyridine rings is 1. The maximum absolute atomic E-state index is 12.5. The third-order valence-electron chi connectivity index (χ3n) is 4.02. The topological polar surface area (TPSA) is 106 Å². The van der Waals surface area contributed by atoms with Gasteiger partial charge in [0.1, 0.15) is 6.54 Å². The molecule has 3 amide bonds. The van der Waals surface area contributed by atoms with Gasteiger partial charge in [-0.3, -0.25) is 24.3 Å². The van der Waals surface area contributed by atoms with Crippen molar-refractivity contribution >= 4 is 58.1 Å².